The highest BCUT2D eigenvalue weighted by atomic mass is 127. The Morgan fingerprint density at radius 2 is 2.20 bits per heavy atom. The van der Waals surface area contributed by atoms with Gasteiger partial charge < -0.3 is 5.11 Å². The molecule has 0 amide bonds. The molecule has 1 aromatic heterocycles. The van der Waals surface area contributed by atoms with Crippen LogP contribution >= 0.6 is 46.0 Å². The predicted molar refractivity (Wildman–Crippen MR) is 85.9 cm³/mol. The van der Waals surface area contributed by atoms with Crippen molar-refractivity contribution in [1.82, 2.24) is 9.55 Å². The Hall–Kier alpha value is -1.06. The number of nitrogens with zero attached hydrogens (tertiary/aromatic N) is 2. The number of thioether (sulfide) groups is 1. The van der Waals surface area contributed by atoms with Crippen LogP contribution in [0.5, 0.6) is 0 Å². The fourth-order valence-electron chi connectivity index (χ4n) is 1.48. The van der Waals surface area contributed by atoms with Crippen molar-refractivity contribution >= 4 is 51.9 Å². The smallest absolute Gasteiger partial charge is 0.313 e. The number of carboxylic acids is 1. The fraction of sp³-hybridized carbons (Fsp3) is 0.0833. The van der Waals surface area contributed by atoms with Crippen molar-refractivity contribution in [3.05, 3.63) is 49.4 Å². The highest BCUT2D eigenvalue weighted by molar-refractivity contribution is 14.1. The Morgan fingerprint density at radius 3 is 2.85 bits per heavy atom. The maximum absolute atomic E-state index is 11.3. The molecular formula is C12H8ClIN2O3S. The number of carboxylic acid groups (broad SMARTS) is 1. The van der Waals surface area contributed by atoms with E-state index in [1.165, 1.54) is 12.3 Å². The van der Waals surface area contributed by atoms with Gasteiger partial charge in [0.15, 0.2) is 5.16 Å². The second-order valence-corrected chi connectivity index (χ2v) is 6.29. The summed E-state index contributed by atoms with van der Waals surface area (Å²) in [7, 11) is 0. The van der Waals surface area contributed by atoms with Crippen molar-refractivity contribution in [2.75, 3.05) is 5.75 Å². The second kappa shape index (κ2) is 6.59. The van der Waals surface area contributed by atoms with E-state index in [1.807, 2.05) is 6.07 Å². The van der Waals surface area contributed by atoms with Gasteiger partial charge in [0.1, 0.15) is 0 Å². The average Bonchev–Trinajstić information content (AvgIpc) is 2.37. The third kappa shape index (κ3) is 3.74. The molecule has 0 unspecified atom stereocenters. The van der Waals surface area contributed by atoms with E-state index in [1.54, 1.807) is 16.7 Å². The summed E-state index contributed by atoms with van der Waals surface area (Å²) in [4.78, 5) is 25.8. The van der Waals surface area contributed by atoms with E-state index in [9.17, 15) is 9.59 Å². The predicted octanol–water partition coefficient (Wildman–Crippen LogP) is 2.67. The maximum atomic E-state index is 11.3. The van der Waals surface area contributed by atoms with Crippen LogP contribution in [0, 0.1) is 3.57 Å². The van der Waals surface area contributed by atoms with E-state index in [2.05, 4.69) is 27.6 Å². The van der Waals surface area contributed by atoms with Crippen molar-refractivity contribution in [2.45, 2.75) is 5.16 Å². The molecule has 0 fully saturated rings. The first-order valence-corrected chi connectivity index (χ1v) is 7.81. The normalized spacial score (nSPS) is 10.5. The number of halogens is 2. The summed E-state index contributed by atoms with van der Waals surface area (Å²) in [6.07, 6.45) is 1.54. The second-order valence-electron chi connectivity index (χ2n) is 3.70. The molecular weight excluding hydrogens is 415 g/mol. The van der Waals surface area contributed by atoms with Crippen LogP contribution in [0.2, 0.25) is 5.02 Å². The van der Waals surface area contributed by atoms with Crippen LogP contribution < -0.4 is 5.56 Å². The standard InChI is InChI=1S/C12H8ClIN2O3S/c13-8-5-7(14)1-2-9(8)16-4-3-10(17)15-12(16)20-6-11(18)19/h1-5H,6H2,(H,18,19). The molecule has 0 saturated heterocycles. The largest absolute Gasteiger partial charge is 0.481 e. The van der Waals surface area contributed by atoms with Crippen LogP contribution in [0.15, 0.2) is 40.4 Å². The SMILES string of the molecule is O=C(O)CSc1nc(=O)ccn1-c1ccc(I)cc1Cl. The van der Waals surface area contributed by atoms with Gasteiger partial charge in [0.2, 0.25) is 0 Å². The van der Waals surface area contributed by atoms with Crippen molar-refractivity contribution in [3.8, 4) is 5.69 Å². The lowest BCUT2D eigenvalue weighted by atomic mass is 10.3. The molecule has 0 aliphatic carbocycles. The first-order valence-electron chi connectivity index (χ1n) is 5.37. The van der Waals surface area contributed by atoms with Gasteiger partial charge in [-0.1, -0.05) is 23.4 Å². The molecule has 1 N–H and O–H groups in total. The van der Waals surface area contributed by atoms with Crippen molar-refractivity contribution in [1.29, 1.82) is 0 Å². The van der Waals surface area contributed by atoms with Gasteiger partial charge >= 0.3 is 5.97 Å². The highest BCUT2D eigenvalue weighted by Crippen LogP contribution is 2.26. The minimum Gasteiger partial charge on any atom is -0.481 e. The number of benzene rings is 1. The molecule has 0 radical (unpaired) electrons. The molecule has 8 heteroatoms. The van der Waals surface area contributed by atoms with Crippen molar-refractivity contribution < 1.29 is 9.90 Å². The third-order valence-electron chi connectivity index (χ3n) is 2.27. The van der Waals surface area contributed by atoms with Crippen molar-refractivity contribution in [2.24, 2.45) is 0 Å². The van der Waals surface area contributed by atoms with E-state index in [4.69, 9.17) is 16.7 Å². The number of aromatic nitrogens is 2. The Morgan fingerprint density at radius 1 is 1.45 bits per heavy atom. The minimum absolute atomic E-state index is 0.182. The Kier molecular flexibility index (Phi) is 5.06. The molecule has 0 spiro atoms. The first-order chi connectivity index (χ1) is 9.47. The average molecular weight is 423 g/mol. The summed E-state index contributed by atoms with van der Waals surface area (Å²) in [5.41, 5.74) is 0.225. The molecule has 1 aromatic carbocycles. The summed E-state index contributed by atoms with van der Waals surface area (Å²) in [6, 6.07) is 6.74. The van der Waals surface area contributed by atoms with Crippen LogP contribution in [0.3, 0.4) is 0 Å². The molecule has 1 heterocycles. The van der Waals surface area contributed by atoms with Gasteiger partial charge in [0, 0.05) is 15.8 Å². The molecule has 0 aliphatic heterocycles. The van der Waals surface area contributed by atoms with Gasteiger partial charge in [-0.15, -0.1) is 0 Å². The molecule has 0 aliphatic rings. The highest BCUT2D eigenvalue weighted by Gasteiger charge is 2.11. The summed E-state index contributed by atoms with van der Waals surface area (Å²) >= 11 is 9.29. The van der Waals surface area contributed by atoms with Gasteiger partial charge in [-0.2, -0.15) is 4.98 Å². The van der Waals surface area contributed by atoms with E-state index in [0.717, 1.165) is 15.3 Å². The fourth-order valence-corrected chi connectivity index (χ4v) is 3.13. The third-order valence-corrected chi connectivity index (χ3v) is 4.18. The molecule has 20 heavy (non-hydrogen) atoms. The van der Waals surface area contributed by atoms with Gasteiger partial charge in [-0.05, 0) is 40.8 Å². The molecule has 2 rings (SSSR count). The van der Waals surface area contributed by atoms with Crippen LogP contribution in [0.4, 0.5) is 0 Å². The zero-order valence-electron chi connectivity index (χ0n) is 9.92. The quantitative estimate of drug-likeness (QED) is 0.466. The van der Waals surface area contributed by atoms with E-state index in [0.29, 0.717) is 15.9 Å². The minimum atomic E-state index is -0.978. The van der Waals surface area contributed by atoms with E-state index < -0.39 is 11.5 Å². The number of hydrogen-bond donors (Lipinski definition) is 1. The van der Waals surface area contributed by atoms with Crippen LogP contribution in [-0.2, 0) is 4.79 Å². The topological polar surface area (TPSA) is 72.2 Å². The summed E-state index contributed by atoms with van der Waals surface area (Å²) in [5.74, 6) is -1.16. The molecule has 0 bridgehead atoms. The van der Waals surface area contributed by atoms with Crippen LogP contribution in [0.1, 0.15) is 0 Å². The molecule has 0 saturated carbocycles. The Balaban J connectivity index is 2.49. The zero-order chi connectivity index (χ0) is 14.7. The van der Waals surface area contributed by atoms with Crippen molar-refractivity contribution in [3.63, 3.8) is 0 Å². The van der Waals surface area contributed by atoms with Gasteiger partial charge in [0.25, 0.3) is 5.56 Å². The summed E-state index contributed by atoms with van der Waals surface area (Å²) < 4.78 is 2.58. The first kappa shape index (κ1) is 15.3. The van der Waals surface area contributed by atoms with E-state index in [-0.39, 0.29) is 5.75 Å². The Bertz CT molecular complexity index is 720. The Labute approximate surface area is 137 Å². The molecule has 2 aromatic rings. The molecule has 104 valence electrons. The summed E-state index contributed by atoms with van der Waals surface area (Å²) in [6.45, 7) is 0. The van der Waals surface area contributed by atoms with E-state index >= 15 is 0 Å². The van der Waals surface area contributed by atoms with Gasteiger partial charge in [0.05, 0.1) is 16.5 Å². The molecule has 5 nitrogen and oxygen atoms in total. The number of hydrogen-bond acceptors (Lipinski definition) is 4. The zero-order valence-corrected chi connectivity index (χ0v) is 13.6. The van der Waals surface area contributed by atoms with Gasteiger partial charge in [-0.25, -0.2) is 0 Å². The van der Waals surface area contributed by atoms with Gasteiger partial charge in [-0.3, -0.25) is 14.2 Å². The lowest BCUT2D eigenvalue weighted by Crippen LogP contribution is -2.13. The summed E-state index contributed by atoms with van der Waals surface area (Å²) in [5, 5.41) is 9.53. The van der Waals surface area contributed by atoms with Crippen LogP contribution in [-0.4, -0.2) is 26.4 Å². The lowest BCUT2D eigenvalue weighted by Gasteiger charge is -2.12. The number of rotatable bonds is 4. The number of carbonyl (C=O) groups is 1. The monoisotopic (exact) mass is 422 g/mol. The maximum Gasteiger partial charge on any atom is 0.313 e. The molecule has 0 atom stereocenters. The lowest BCUT2D eigenvalue weighted by molar-refractivity contribution is -0.133. The number of aliphatic carboxylic acids is 1. The van der Waals surface area contributed by atoms with Crippen LogP contribution in [0.25, 0.3) is 5.69 Å².